The molecule has 1 rings (SSSR count). The van der Waals surface area contributed by atoms with Crippen molar-refractivity contribution in [2.75, 3.05) is 5.75 Å². The molecular weight excluding hydrogens is 248 g/mol. The maximum atomic E-state index is 10.6. The Morgan fingerprint density at radius 3 is 2.61 bits per heavy atom. The van der Waals surface area contributed by atoms with Gasteiger partial charge >= 0.3 is 5.97 Å². The Bertz CT molecular complexity index is 386. The van der Waals surface area contributed by atoms with Crippen molar-refractivity contribution in [3.63, 3.8) is 0 Å². The monoisotopic (exact) mass is 270 g/mol. The van der Waals surface area contributed by atoms with Gasteiger partial charge in [0.05, 0.1) is 5.75 Å². The Hall–Kier alpha value is -0.970. The second-order valence-electron chi connectivity index (χ2n) is 4.36. The van der Waals surface area contributed by atoms with Gasteiger partial charge in [-0.3, -0.25) is 4.79 Å². The number of aromatic nitrogens is 2. The normalized spacial score (nSPS) is 11.1. The van der Waals surface area contributed by atoms with E-state index in [4.69, 9.17) is 5.11 Å². The van der Waals surface area contributed by atoms with Gasteiger partial charge in [-0.1, -0.05) is 45.4 Å². The summed E-state index contributed by atoms with van der Waals surface area (Å²) < 4.78 is 2.19. The van der Waals surface area contributed by atoms with Gasteiger partial charge < -0.3 is 9.67 Å². The molecule has 0 aliphatic heterocycles. The summed E-state index contributed by atoms with van der Waals surface area (Å²) in [5.74, 6) is -0.0906. The van der Waals surface area contributed by atoms with E-state index in [1.54, 1.807) is 0 Å². The molecule has 18 heavy (non-hydrogen) atoms. The molecule has 1 heterocycles. The fourth-order valence-corrected chi connectivity index (χ4v) is 2.64. The van der Waals surface area contributed by atoms with Crippen LogP contribution in [0.25, 0.3) is 0 Å². The molecule has 0 aliphatic carbocycles. The number of hydrogen-bond donors (Lipinski definition) is 1. The smallest absolute Gasteiger partial charge is 0.313 e. The van der Waals surface area contributed by atoms with Crippen LogP contribution in [0.4, 0.5) is 0 Å². The molecular formula is C13H22N2O2S. The van der Waals surface area contributed by atoms with E-state index in [1.165, 1.54) is 17.5 Å². The van der Waals surface area contributed by atoms with E-state index in [1.807, 2.05) is 6.20 Å². The van der Waals surface area contributed by atoms with Crippen LogP contribution in [0.3, 0.4) is 0 Å². The average Bonchev–Trinajstić information content (AvgIpc) is 2.75. The van der Waals surface area contributed by atoms with Crippen LogP contribution in [0.5, 0.6) is 0 Å². The van der Waals surface area contributed by atoms with Crippen LogP contribution in [0.1, 0.15) is 39.3 Å². The van der Waals surface area contributed by atoms with Crippen LogP contribution in [-0.2, 0) is 17.8 Å². The zero-order valence-corrected chi connectivity index (χ0v) is 12.2. The number of nitrogens with zero attached hydrogens (tertiary/aromatic N) is 2. The first-order chi connectivity index (χ1) is 8.62. The lowest BCUT2D eigenvalue weighted by Crippen LogP contribution is -2.13. The number of carboxylic acids is 1. The molecule has 0 amide bonds. The number of imidazole rings is 1. The van der Waals surface area contributed by atoms with E-state index in [-0.39, 0.29) is 5.75 Å². The van der Waals surface area contributed by atoms with Gasteiger partial charge in [0.2, 0.25) is 0 Å². The van der Waals surface area contributed by atoms with Crippen LogP contribution in [-0.4, -0.2) is 26.4 Å². The van der Waals surface area contributed by atoms with E-state index < -0.39 is 5.97 Å². The lowest BCUT2D eigenvalue weighted by atomic mass is 10.0. The van der Waals surface area contributed by atoms with E-state index in [0.29, 0.717) is 5.92 Å². The maximum absolute atomic E-state index is 10.6. The molecule has 0 saturated carbocycles. The van der Waals surface area contributed by atoms with Gasteiger partial charge in [0.25, 0.3) is 0 Å². The number of aliphatic carboxylic acids is 1. The number of carbonyl (C=O) groups is 1. The molecule has 102 valence electrons. The zero-order chi connectivity index (χ0) is 13.5. The number of aryl methyl sites for hydroxylation is 1. The fourth-order valence-electron chi connectivity index (χ4n) is 1.92. The summed E-state index contributed by atoms with van der Waals surface area (Å²) in [5.41, 5.74) is 1.19. The molecule has 0 saturated heterocycles. The Morgan fingerprint density at radius 1 is 1.44 bits per heavy atom. The molecule has 1 aromatic heterocycles. The highest BCUT2D eigenvalue weighted by atomic mass is 32.2. The minimum absolute atomic E-state index is 0.0725. The minimum Gasteiger partial charge on any atom is -0.481 e. The highest BCUT2D eigenvalue weighted by molar-refractivity contribution is 7.99. The topological polar surface area (TPSA) is 55.1 Å². The van der Waals surface area contributed by atoms with E-state index >= 15 is 0 Å². The van der Waals surface area contributed by atoms with Crippen molar-refractivity contribution >= 4 is 17.7 Å². The fraction of sp³-hybridized carbons (Fsp3) is 0.692. The third kappa shape index (κ3) is 4.05. The Labute approximate surface area is 113 Å². The van der Waals surface area contributed by atoms with Gasteiger partial charge in [0.15, 0.2) is 5.16 Å². The maximum Gasteiger partial charge on any atom is 0.313 e. The second kappa shape index (κ2) is 7.46. The van der Waals surface area contributed by atoms with Crippen molar-refractivity contribution in [2.45, 2.75) is 51.7 Å². The molecule has 0 radical (unpaired) electrons. The molecule has 0 spiro atoms. The lowest BCUT2D eigenvalue weighted by Gasteiger charge is -2.17. The third-order valence-electron chi connectivity index (χ3n) is 3.18. The van der Waals surface area contributed by atoms with Crippen molar-refractivity contribution in [3.05, 3.63) is 11.9 Å². The third-order valence-corrected chi connectivity index (χ3v) is 4.16. The standard InChI is InChI=1S/C13H22N2O2S/c1-4-10(5-2)8-15-11(6-3)7-14-13(15)18-9-12(16)17/h7,10H,4-6,8-9H2,1-3H3,(H,16,17). The first-order valence-corrected chi connectivity index (χ1v) is 7.49. The predicted octanol–water partition coefficient (Wildman–Crippen LogP) is 3.06. The van der Waals surface area contributed by atoms with Crippen LogP contribution in [0.2, 0.25) is 0 Å². The molecule has 0 unspecified atom stereocenters. The summed E-state index contributed by atoms with van der Waals surface area (Å²) in [6, 6.07) is 0. The first kappa shape index (κ1) is 15.1. The Balaban J connectivity index is 2.83. The molecule has 5 heteroatoms. The number of rotatable bonds is 8. The largest absolute Gasteiger partial charge is 0.481 e. The van der Waals surface area contributed by atoms with E-state index in [2.05, 4.69) is 30.3 Å². The Morgan fingerprint density at radius 2 is 2.11 bits per heavy atom. The summed E-state index contributed by atoms with van der Waals surface area (Å²) in [5, 5.41) is 9.58. The van der Waals surface area contributed by atoms with Gasteiger partial charge in [0, 0.05) is 18.4 Å². The van der Waals surface area contributed by atoms with Gasteiger partial charge in [-0.2, -0.15) is 0 Å². The van der Waals surface area contributed by atoms with E-state index in [0.717, 1.165) is 31.0 Å². The molecule has 1 aromatic rings. The van der Waals surface area contributed by atoms with Crippen LogP contribution >= 0.6 is 11.8 Å². The van der Waals surface area contributed by atoms with Crippen molar-refractivity contribution in [3.8, 4) is 0 Å². The second-order valence-corrected chi connectivity index (χ2v) is 5.30. The van der Waals surface area contributed by atoms with Crippen molar-refractivity contribution < 1.29 is 9.90 Å². The van der Waals surface area contributed by atoms with Crippen LogP contribution in [0.15, 0.2) is 11.4 Å². The van der Waals surface area contributed by atoms with Gasteiger partial charge in [-0.15, -0.1) is 0 Å². The van der Waals surface area contributed by atoms with Crippen molar-refractivity contribution in [2.24, 2.45) is 5.92 Å². The summed E-state index contributed by atoms with van der Waals surface area (Å²) in [6.45, 7) is 7.44. The molecule has 0 fully saturated rings. The number of thioether (sulfide) groups is 1. The molecule has 4 nitrogen and oxygen atoms in total. The highest BCUT2D eigenvalue weighted by Gasteiger charge is 2.14. The molecule has 0 aliphatic rings. The molecule has 0 bridgehead atoms. The summed E-state index contributed by atoms with van der Waals surface area (Å²) in [6.07, 6.45) is 5.08. The Kier molecular flexibility index (Phi) is 6.25. The first-order valence-electron chi connectivity index (χ1n) is 6.51. The van der Waals surface area contributed by atoms with Crippen molar-refractivity contribution in [1.29, 1.82) is 0 Å². The lowest BCUT2D eigenvalue weighted by molar-refractivity contribution is -0.133. The highest BCUT2D eigenvalue weighted by Crippen LogP contribution is 2.22. The SMILES string of the molecule is CCc1cnc(SCC(=O)O)n1CC(CC)CC. The average molecular weight is 270 g/mol. The summed E-state index contributed by atoms with van der Waals surface area (Å²) >= 11 is 1.31. The molecule has 0 atom stereocenters. The quantitative estimate of drug-likeness (QED) is 0.738. The zero-order valence-electron chi connectivity index (χ0n) is 11.3. The number of hydrogen-bond acceptors (Lipinski definition) is 3. The van der Waals surface area contributed by atoms with Crippen LogP contribution < -0.4 is 0 Å². The van der Waals surface area contributed by atoms with Crippen LogP contribution in [0, 0.1) is 5.92 Å². The molecule has 0 aromatic carbocycles. The van der Waals surface area contributed by atoms with Gasteiger partial charge in [0.1, 0.15) is 0 Å². The van der Waals surface area contributed by atoms with E-state index in [9.17, 15) is 4.79 Å². The summed E-state index contributed by atoms with van der Waals surface area (Å²) in [7, 11) is 0. The predicted molar refractivity (Wildman–Crippen MR) is 74.0 cm³/mol. The van der Waals surface area contributed by atoms with Crippen molar-refractivity contribution in [1.82, 2.24) is 9.55 Å². The number of carboxylic acid groups (broad SMARTS) is 1. The van der Waals surface area contributed by atoms with Gasteiger partial charge in [-0.25, -0.2) is 4.98 Å². The minimum atomic E-state index is -0.796. The van der Waals surface area contributed by atoms with Gasteiger partial charge in [-0.05, 0) is 12.3 Å². The molecule has 1 N–H and O–H groups in total. The summed E-state index contributed by atoms with van der Waals surface area (Å²) in [4.78, 5) is 15.0.